The van der Waals surface area contributed by atoms with Gasteiger partial charge in [-0.3, -0.25) is 0 Å². The second kappa shape index (κ2) is 5.86. The third-order valence-electron chi connectivity index (χ3n) is 4.02. The molecule has 20 heavy (non-hydrogen) atoms. The Kier molecular flexibility index (Phi) is 4.55. The maximum absolute atomic E-state index is 12.7. The summed E-state index contributed by atoms with van der Waals surface area (Å²) in [6.07, 6.45) is 1.11. The fourth-order valence-electron chi connectivity index (χ4n) is 2.98. The van der Waals surface area contributed by atoms with Gasteiger partial charge in [-0.1, -0.05) is 39.8 Å². The Morgan fingerprint density at radius 1 is 1.05 bits per heavy atom. The maximum atomic E-state index is 12.7. The van der Waals surface area contributed by atoms with Gasteiger partial charge in [0.2, 0.25) is 10.0 Å². The van der Waals surface area contributed by atoms with Crippen LogP contribution in [-0.2, 0) is 10.0 Å². The summed E-state index contributed by atoms with van der Waals surface area (Å²) in [4.78, 5) is 0.420. The number of hydrogen-bond donors (Lipinski definition) is 0. The summed E-state index contributed by atoms with van der Waals surface area (Å²) >= 11 is 0. The smallest absolute Gasteiger partial charge is 0.207 e. The molecule has 0 amide bonds. The van der Waals surface area contributed by atoms with Crippen molar-refractivity contribution in [3.63, 3.8) is 0 Å². The number of sulfonamides is 1. The third-order valence-corrected chi connectivity index (χ3v) is 5.87. The highest BCUT2D eigenvalue weighted by atomic mass is 32.2. The zero-order valence-corrected chi connectivity index (χ0v) is 13.7. The lowest BCUT2D eigenvalue weighted by Gasteiger charge is -2.34. The van der Waals surface area contributed by atoms with Gasteiger partial charge in [-0.2, -0.15) is 4.31 Å². The van der Waals surface area contributed by atoms with E-state index in [2.05, 4.69) is 27.7 Å². The Bertz CT molecular complexity index is 538. The lowest BCUT2D eigenvalue weighted by atomic mass is 9.94. The standard InChI is InChI=1S/C16H25NO2S/c1-12(2)15-5-7-16(8-6-15)20(18,19)17-10-13(3)9-14(4)11-17/h5-8,12-14H,9-11H2,1-4H3/t13-,14+. The van der Waals surface area contributed by atoms with E-state index in [0.717, 1.165) is 6.42 Å². The van der Waals surface area contributed by atoms with Crippen molar-refractivity contribution in [1.82, 2.24) is 4.31 Å². The first-order valence-corrected chi connectivity index (χ1v) is 8.84. The fourth-order valence-corrected chi connectivity index (χ4v) is 4.66. The van der Waals surface area contributed by atoms with Gasteiger partial charge in [-0.05, 0) is 41.9 Å². The molecule has 1 aliphatic heterocycles. The molecule has 1 aliphatic rings. The second-order valence-electron chi connectivity index (χ2n) is 6.49. The summed E-state index contributed by atoms with van der Waals surface area (Å²) in [5.74, 6) is 1.29. The molecule has 112 valence electrons. The highest BCUT2D eigenvalue weighted by Gasteiger charge is 2.31. The molecule has 0 aliphatic carbocycles. The lowest BCUT2D eigenvalue weighted by molar-refractivity contribution is 0.222. The summed E-state index contributed by atoms with van der Waals surface area (Å²) in [6, 6.07) is 7.34. The molecule has 0 unspecified atom stereocenters. The normalized spacial score (nSPS) is 25.1. The fraction of sp³-hybridized carbons (Fsp3) is 0.625. The van der Waals surface area contributed by atoms with Crippen LogP contribution in [0.2, 0.25) is 0 Å². The van der Waals surface area contributed by atoms with E-state index in [1.807, 2.05) is 12.1 Å². The van der Waals surface area contributed by atoms with Crippen molar-refractivity contribution in [1.29, 1.82) is 0 Å². The highest BCUT2D eigenvalue weighted by Crippen LogP contribution is 2.27. The Morgan fingerprint density at radius 2 is 1.55 bits per heavy atom. The van der Waals surface area contributed by atoms with Crippen LogP contribution in [0.3, 0.4) is 0 Å². The predicted octanol–water partition coefficient (Wildman–Crippen LogP) is 3.48. The summed E-state index contributed by atoms with van der Waals surface area (Å²) in [7, 11) is -3.34. The molecular weight excluding hydrogens is 270 g/mol. The van der Waals surface area contributed by atoms with E-state index in [-0.39, 0.29) is 0 Å². The lowest BCUT2D eigenvalue weighted by Crippen LogP contribution is -2.42. The van der Waals surface area contributed by atoms with Gasteiger partial charge in [0.1, 0.15) is 0 Å². The highest BCUT2D eigenvalue weighted by molar-refractivity contribution is 7.89. The minimum Gasteiger partial charge on any atom is -0.207 e. The first-order valence-electron chi connectivity index (χ1n) is 7.40. The average Bonchev–Trinajstić information content (AvgIpc) is 2.37. The number of benzene rings is 1. The Labute approximate surface area is 123 Å². The zero-order valence-electron chi connectivity index (χ0n) is 12.8. The van der Waals surface area contributed by atoms with Crippen LogP contribution in [0.25, 0.3) is 0 Å². The summed E-state index contributed by atoms with van der Waals surface area (Å²) in [6.45, 7) is 9.74. The molecule has 0 bridgehead atoms. The molecule has 2 atom stereocenters. The molecule has 0 radical (unpaired) electrons. The van der Waals surface area contributed by atoms with Gasteiger partial charge in [-0.25, -0.2) is 8.42 Å². The van der Waals surface area contributed by atoms with Gasteiger partial charge < -0.3 is 0 Å². The van der Waals surface area contributed by atoms with E-state index < -0.39 is 10.0 Å². The van der Waals surface area contributed by atoms with E-state index in [1.54, 1.807) is 16.4 Å². The minimum atomic E-state index is -3.34. The third kappa shape index (κ3) is 3.23. The molecule has 1 heterocycles. The van der Waals surface area contributed by atoms with Crippen molar-refractivity contribution in [2.45, 2.75) is 44.9 Å². The van der Waals surface area contributed by atoms with Crippen LogP contribution in [-0.4, -0.2) is 25.8 Å². The molecule has 4 heteroatoms. The monoisotopic (exact) mass is 295 g/mol. The van der Waals surface area contributed by atoms with E-state index in [1.165, 1.54) is 5.56 Å². The molecular formula is C16H25NO2S. The van der Waals surface area contributed by atoms with Gasteiger partial charge in [0.05, 0.1) is 4.90 Å². The molecule has 3 nitrogen and oxygen atoms in total. The first kappa shape index (κ1) is 15.5. The SMILES string of the molecule is CC(C)c1ccc(S(=O)(=O)N2C[C@H](C)C[C@H](C)C2)cc1. The van der Waals surface area contributed by atoms with Crippen LogP contribution in [0, 0.1) is 11.8 Å². The average molecular weight is 295 g/mol. The molecule has 1 aromatic carbocycles. The Morgan fingerprint density at radius 3 is 2.00 bits per heavy atom. The quantitative estimate of drug-likeness (QED) is 0.856. The predicted molar refractivity (Wildman–Crippen MR) is 82.2 cm³/mol. The summed E-state index contributed by atoms with van der Waals surface area (Å²) < 4.78 is 27.0. The van der Waals surface area contributed by atoms with E-state index >= 15 is 0 Å². The van der Waals surface area contributed by atoms with E-state index in [0.29, 0.717) is 35.7 Å². The molecule has 1 saturated heterocycles. The van der Waals surface area contributed by atoms with Gasteiger partial charge >= 0.3 is 0 Å². The van der Waals surface area contributed by atoms with Gasteiger partial charge in [0, 0.05) is 13.1 Å². The van der Waals surface area contributed by atoms with E-state index in [4.69, 9.17) is 0 Å². The van der Waals surface area contributed by atoms with Crippen LogP contribution in [0.15, 0.2) is 29.2 Å². The first-order chi connectivity index (χ1) is 9.30. The van der Waals surface area contributed by atoms with Crippen molar-refractivity contribution in [3.8, 4) is 0 Å². The topological polar surface area (TPSA) is 37.4 Å². The second-order valence-corrected chi connectivity index (χ2v) is 8.43. The molecule has 1 fully saturated rings. The van der Waals surface area contributed by atoms with Crippen molar-refractivity contribution < 1.29 is 8.42 Å². The van der Waals surface area contributed by atoms with Crippen molar-refractivity contribution in [2.24, 2.45) is 11.8 Å². The number of hydrogen-bond acceptors (Lipinski definition) is 2. The largest absolute Gasteiger partial charge is 0.243 e. The molecule has 0 aromatic heterocycles. The molecule has 0 saturated carbocycles. The molecule has 0 N–H and O–H groups in total. The van der Waals surface area contributed by atoms with Crippen LogP contribution in [0.5, 0.6) is 0 Å². The van der Waals surface area contributed by atoms with Crippen LogP contribution in [0.4, 0.5) is 0 Å². The number of nitrogens with zero attached hydrogens (tertiary/aromatic N) is 1. The Hall–Kier alpha value is -0.870. The summed E-state index contributed by atoms with van der Waals surface area (Å²) in [5.41, 5.74) is 1.17. The van der Waals surface area contributed by atoms with Crippen LogP contribution < -0.4 is 0 Å². The number of piperidine rings is 1. The molecule has 2 rings (SSSR count). The van der Waals surface area contributed by atoms with Crippen LogP contribution >= 0.6 is 0 Å². The van der Waals surface area contributed by atoms with Gasteiger partial charge in [0.15, 0.2) is 0 Å². The van der Waals surface area contributed by atoms with E-state index in [9.17, 15) is 8.42 Å². The zero-order chi connectivity index (χ0) is 14.9. The molecule has 1 aromatic rings. The number of rotatable bonds is 3. The van der Waals surface area contributed by atoms with Crippen molar-refractivity contribution >= 4 is 10.0 Å². The summed E-state index contributed by atoms with van der Waals surface area (Å²) in [5, 5.41) is 0. The minimum absolute atomic E-state index is 0.418. The van der Waals surface area contributed by atoms with Crippen molar-refractivity contribution in [3.05, 3.63) is 29.8 Å². The Balaban J connectivity index is 2.25. The maximum Gasteiger partial charge on any atom is 0.243 e. The molecule has 0 spiro atoms. The van der Waals surface area contributed by atoms with Crippen molar-refractivity contribution in [2.75, 3.05) is 13.1 Å². The van der Waals surface area contributed by atoms with Gasteiger partial charge in [0.25, 0.3) is 0 Å². The van der Waals surface area contributed by atoms with Crippen LogP contribution in [0.1, 0.15) is 45.6 Å². The van der Waals surface area contributed by atoms with Gasteiger partial charge in [-0.15, -0.1) is 0 Å².